The normalized spacial score (nSPS) is 13.7. The molecule has 0 aromatic carbocycles. The van der Waals surface area contributed by atoms with Crippen molar-refractivity contribution >= 4 is 0 Å². The molecule has 0 radical (unpaired) electrons. The van der Waals surface area contributed by atoms with Gasteiger partial charge in [-0.3, -0.25) is 0 Å². The van der Waals surface area contributed by atoms with E-state index in [0.29, 0.717) is 0 Å². The van der Waals surface area contributed by atoms with Crippen molar-refractivity contribution in [3.8, 4) is 0 Å². The van der Waals surface area contributed by atoms with Crippen LogP contribution in [0.5, 0.6) is 0 Å². The highest BCUT2D eigenvalue weighted by atomic mass is 13.9. The van der Waals surface area contributed by atoms with Crippen molar-refractivity contribution in [2.45, 2.75) is 20.8 Å². The largest absolute Gasteiger partial charge is 0.0985 e. The van der Waals surface area contributed by atoms with E-state index in [2.05, 4.69) is 25.7 Å². The maximum atomic E-state index is 3.69. The third-order valence-corrected chi connectivity index (χ3v) is 1.42. The summed E-state index contributed by atoms with van der Waals surface area (Å²) in [7, 11) is 0. The van der Waals surface area contributed by atoms with Crippen molar-refractivity contribution in [2.75, 3.05) is 0 Å². The standard InChI is InChI=1S/C9H14/c1-5-8(4)9(6-2)7-3/h5-7H,2H2,1,3-4H3/b8-5-,9-7-. The Balaban J connectivity index is 4.32. The molecule has 0 aliphatic heterocycles. The average Bonchev–Trinajstić information content (AvgIpc) is 1.90. The van der Waals surface area contributed by atoms with E-state index >= 15 is 0 Å². The molecule has 0 aromatic heterocycles. The fraction of sp³-hybridized carbons (Fsp3) is 0.333. The maximum absolute atomic E-state index is 3.69. The van der Waals surface area contributed by atoms with E-state index in [-0.39, 0.29) is 0 Å². The van der Waals surface area contributed by atoms with Gasteiger partial charge in [-0.05, 0) is 31.9 Å². The third-order valence-electron chi connectivity index (χ3n) is 1.42. The number of allylic oxidation sites excluding steroid dienone is 5. The smallest absolute Gasteiger partial charge is 0.0279 e. The van der Waals surface area contributed by atoms with E-state index in [1.54, 1.807) is 0 Å². The molecule has 0 rings (SSSR count). The van der Waals surface area contributed by atoms with Gasteiger partial charge in [-0.2, -0.15) is 0 Å². The molecule has 0 nitrogen and oxygen atoms in total. The molecule has 0 N–H and O–H groups in total. The van der Waals surface area contributed by atoms with Crippen LogP contribution in [0.2, 0.25) is 0 Å². The van der Waals surface area contributed by atoms with Crippen LogP contribution < -0.4 is 0 Å². The highest BCUT2D eigenvalue weighted by molar-refractivity contribution is 5.36. The molecule has 0 unspecified atom stereocenters. The van der Waals surface area contributed by atoms with Crippen LogP contribution in [-0.4, -0.2) is 0 Å². The van der Waals surface area contributed by atoms with Gasteiger partial charge in [0.05, 0.1) is 0 Å². The van der Waals surface area contributed by atoms with Crippen LogP contribution >= 0.6 is 0 Å². The summed E-state index contributed by atoms with van der Waals surface area (Å²) in [5.41, 5.74) is 2.50. The molecule has 0 heterocycles. The Morgan fingerprint density at radius 1 is 1.22 bits per heavy atom. The Hall–Kier alpha value is -0.780. The number of hydrogen-bond donors (Lipinski definition) is 0. The number of hydrogen-bond acceptors (Lipinski definition) is 0. The first-order valence-corrected chi connectivity index (χ1v) is 3.18. The second-order valence-corrected chi connectivity index (χ2v) is 1.92. The van der Waals surface area contributed by atoms with Crippen molar-refractivity contribution in [1.29, 1.82) is 0 Å². The molecule has 0 atom stereocenters. The first-order chi connectivity index (χ1) is 4.26. The summed E-state index contributed by atoms with van der Waals surface area (Å²) in [6.45, 7) is 9.82. The Bertz CT molecular complexity index is 147. The molecular weight excluding hydrogens is 108 g/mol. The van der Waals surface area contributed by atoms with E-state index in [9.17, 15) is 0 Å². The van der Waals surface area contributed by atoms with E-state index in [0.717, 1.165) is 0 Å². The fourth-order valence-electron chi connectivity index (χ4n) is 0.673. The molecule has 0 amide bonds. The zero-order chi connectivity index (χ0) is 7.28. The molecule has 0 aliphatic carbocycles. The van der Waals surface area contributed by atoms with Crippen LogP contribution in [-0.2, 0) is 0 Å². The lowest BCUT2D eigenvalue weighted by Crippen LogP contribution is -1.77. The summed E-state index contributed by atoms with van der Waals surface area (Å²) in [6.07, 6.45) is 6.01. The second kappa shape index (κ2) is 4.13. The molecule has 9 heavy (non-hydrogen) atoms. The predicted octanol–water partition coefficient (Wildman–Crippen LogP) is 3.08. The minimum atomic E-state index is 1.22. The first-order valence-electron chi connectivity index (χ1n) is 3.18. The van der Waals surface area contributed by atoms with Crippen LogP contribution in [0.4, 0.5) is 0 Å². The van der Waals surface area contributed by atoms with Crippen LogP contribution in [0.15, 0.2) is 36.0 Å². The summed E-state index contributed by atoms with van der Waals surface area (Å²) >= 11 is 0. The molecular formula is C9H14. The topological polar surface area (TPSA) is 0 Å². The molecule has 0 fully saturated rings. The van der Waals surface area contributed by atoms with Gasteiger partial charge in [0.25, 0.3) is 0 Å². The van der Waals surface area contributed by atoms with Crippen molar-refractivity contribution in [3.63, 3.8) is 0 Å². The van der Waals surface area contributed by atoms with E-state index in [1.807, 2.05) is 19.9 Å². The molecule has 50 valence electrons. The summed E-state index contributed by atoms with van der Waals surface area (Å²) < 4.78 is 0. The van der Waals surface area contributed by atoms with Crippen molar-refractivity contribution in [1.82, 2.24) is 0 Å². The molecule has 0 aliphatic rings. The minimum Gasteiger partial charge on any atom is -0.0985 e. The van der Waals surface area contributed by atoms with Gasteiger partial charge >= 0.3 is 0 Å². The summed E-state index contributed by atoms with van der Waals surface area (Å²) in [6, 6.07) is 0. The van der Waals surface area contributed by atoms with E-state index in [1.165, 1.54) is 11.1 Å². The SMILES string of the molecule is C=CC(=C/C)/C(C)=C\C. The van der Waals surface area contributed by atoms with Gasteiger partial charge in [-0.1, -0.05) is 24.8 Å². The fourth-order valence-corrected chi connectivity index (χ4v) is 0.673. The predicted molar refractivity (Wildman–Crippen MR) is 43.4 cm³/mol. The van der Waals surface area contributed by atoms with Crippen molar-refractivity contribution < 1.29 is 0 Å². The van der Waals surface area contributed by atoms with Gasteiger partial charge in [-0.15, -0.1) is 0 Å². The summed E-state index contributed by atoms with van der Waals surface area (Å²) in [5, 5.41) is 0. The van der Waals surface area contributed by atoms with Gasteiger partial charge < -0.3 is 0 Å². The Kier molecular flexibility index (Phi) is 3.78. The first kappa shape index (κ1) is 8.22. The van der Waals surface area contributed by atoms with Gasteiger partial charge in [0.15, 0.2) is 0 Å². The zero-order valence-electron chi connectivity index (χ0n) is 6.44. The highest BCUT2D eigenvalue weighted by Crippen LogP contribution is 2.08. The average molecular weight is 122 g/mol. The lowest BCUT2D eigenvalue weighted by atomic mass is 10.1. The molecule has 0 heteroatoms. The van der Waals surface area contributed by atoms with Gasteiger partial charge in [0.2, 0.25) is 0 Å². The quantitative estimate of drug-likeness (QED) is 0.494. The zero-order valence-corrected chi connectivity index (χ0v) is 6.44. The molecule has 0 saturated heterocycles. The van der Waals surface area contributed by atoms with Gasteiger partial charge in [-0.25, -0.2) is 0 Å². The van der Waals surface area contributed by atoms with Gasteiger partial charge in [0.1, 0.15) is 0 Å². The van der Waals surface area contributed by atoms with Crippen LogP contribution in [0.1, 0.15) is 20.8 Å². The van der Waals surface area contributed by atoms with Crippen molar-refractivity contribution in [2.24, 2.45) is 0 Å². The third kappa shape index (κ3) is 2.31. The maximum Gasteiger partial charge on any atom is -0.0279 e. The van der Waals surface area contributed by atoms with E-state index in [4.69, 9.17) is 0 Å². The van der Waals surface area contributed by atoms with Crippen molar-refractivity contribution in [3.05, 3.63) is 36.0 Å². The minimum absolute atomic E-state index is 1.22. The Morgan fingerprint density at radius 3 is 1.89 bits per heavy atom. The monoisotopic (exact) mass is 122 g/mol. The summed E-state index contributed by atoms with van der Waals surface area (Å²) in [5.74, 6) is 0. The molecule has 0 aromatic rings. The van der Waals surface area contributed by atoms with Crippen LogP contribution in [0.3, 0.4) is 0 Å². The number of rotatable bonds is 2. The molecule has 0 bridgehead atoms. The lowest BCUT2D eigenvalue weighted by molar-refractivity contribution is 1.38. The van der Waals surface area contributed by atoms with Gasteiger partial charge in [0, 0.05) is 0 Å². The highest BCUT2D eigenvalue weighted by Gasteiger charge is 1.88. The van der Waals surface area contributed by atoms with Crippen LogP contribution in [0.25, 0.3) is 0 Å². The molecule has 0 saturated carbocycles. The Labute approximate surface area is 57.6 Å². The lowest BCUT2D eigenvalue weighted by Gasteiger charge is -1.97. The Morgan fingerprint density at radius 2 is 1.78 bits per heavy atom. The second-order valence-electron chi connectivity index (χ2n) is 1.92. The summed E-state index contributed by atoms with van der Waals surface area (Å²) in [4.78, 5) is 0. The molecule has 0 spiro atoms. The van der Waals surface area contributed by atoms with Crippen LogP contribution in [0, 0.1) is 0 Å². The van der Waals surface area contributed by atoms with E-state index < -0.39 is 0 Å².